The smallest absolute Gasteiger partial charge is 0.257 e. The SMILES string of the molecule is COCC(CCO)NC(=O)c1cnn2c(C)cc(C)nc12. The quantitative estimate of drug-likeness (QED) is 0.808. The van der Waals surface area contributed by atoms with E-state index in [9.17, 15) is 4.79 Å². The third-order valence-corrected chi connectivity index (χ3v) is 3.20. The fraction of sp³-hybridized carbons (Fsp3) is 0.500. The van der Waals surface area contributed by atoms with E-state index in [4.69, 9.17) is 9.84 Å². The number of ether oxygens (including phenoxy) is 1. The Hall–Kier alpha value is -1.99. The molecule has 0 radical (unpaired) electrons. The van der Waals surface area contributed by atoms with E-state index in [1.807, 2.05) is 19.9 Å². The van der Waals surface area contributed by atoms with Crippen molar-refractivity contribution in [2.24, 2.45) is 0 Å². The van der Waals surface area contributed by atoms with Crippen LogP contribution in [-0.2, 0) is 4.74 Å². The first-order valence-corrected chi connectivity index (χ1v) is 6.79. The minimum atomic E-state index is -0.266. The number of carbonyl (C=O) groups excluding carboxylic acids is 1. The van der Waals surface area contributed by atoms with Crippen LogP contribution >= 0.6 is 0 Å². The molecule has 0 aliphatic carbocycles. The molecule has 2 aromatic heterocycles. The van der Waals surface area contributed by atoms with Crippen LogP contribution in [0.2, 0.25) is 0 Å². The zero-order valence-corrected chi connectivity index (χ0v) is 12.5. The van der Waals surface area contributed by atoms with Gasteiger partial charge in [-0.15, -0.1) is 0 Å². The van der Waals surface area contributed by atoms with E-state index in [-0.39, 0.29) is 18.6 Å². The number of aliphatic hydroxyl groups is 1. The summed E-state index contributed by atoms with van der Waals surface area (Å²) in [6.07, 6.45) is 1.94. The lowest BCUT2D eigenvalue weighted by atomic mass is 10.2. The summed E-state index contributed by atoms with van der Waals surface area (Å²) in [5.74, 6) is -0.266. The Balaban J connectivity index is 2.27. The summed E-state index contributed by atoms with van der Waals surface area (Å²) in [6.45, 7) is 4.12. The molecular weight excluding hydrogens is 272 g/mol. The molecule has 2 heterocycles. The van der Waals surface area contributed by atoms with Crippen LogP contribution in [0.1, 0.15) is 28.2 Å². The summed E-state index contributed by atoms with van der Waals surface area (Å²) in [5, 5.41) is 16.0. The zero-order chi connectivity index (χ0) is 15.4. The van der Waals surface area contributed by atoms with Crippen molar-refractivity contribution in [3.63, 3.8) is 0 Å². The number of rotatable bonds is 6. The van der Waals surface area contributed by atoms with Crippen LogP contribution in [0.25, 0.3) is 5.65 Å². The Bertz CT molecular complexity index is 632. The predicted octanol–water partition coefficient (Wildman–Crippen LogP) is 0.473. The van der Waals surface area contributed by atoms with Crippen molar-refractivity contribution in [2.75, 3.05) is 20.3 Å². The molecule has 0 fully saturated rings. The summed E-state index contributed by atoms with van der Waals surface area (Å²) in [7, 11) is 1.56. The molecular formula is C14H20N4O3. The summed E-state index contributed by atoms with van der Waals surface area (Å²) in [4.78, 5) is 16.7. The van der Waals surface area contributed by atoms with Gasteiger partial charge in [0.1, 0.15) is 5.56 Å². The second kappa shape index (κ2) is 6.64. The average molecular weight is 292 g/mol. The average Bonchev–Trinajstić information content (AvgIpc) is 2.83. The molecule has 0 bridgehead atoms. The third-order valence-electron chi connectivity index (χ3n) is 3.20. The minimum absolute atomic E-state index is 0.0144. The highest BCUT2D eigenvalue weighted by molar-refractivity contribution is 5.99. The van der Waals surface area contributed by atoms with Gasteiger partial charge in [-0.25, -0.2) is 9.50 Å². The molecule has 2 rings (SSSR count). The molecule has 1 atom stereocenters. The number of nitrogens with one attached hydrogen (secondary N) is 1. The molecule has 1 unspecified atom stereocenters. The van der Waals surface area contributed by atoms with E-state index in [0.717, 1.165) is 11.4 Å². The second-order valence-electron chi connectivity index (χ2n) is 4.97. The Kier molecular flexibility index (Phi) is 4.87. The van der Waals surface area contributed by atoms with Crippen molar-refractivity contribution in [3.8, 4) is 0 Å². The first kappa shape index (κ1) is 15.4. The predicted molar refractivity (Wildman–Crippen MR) is 77.3 cm³/mol. The fourth-order valence-corrected chi connectivity index (χ4v) is 2.25. The molecule has 114 valence electrons. The van der Waals surface area contributed by atoms with E-state index < -0.39 is 0 Å². The molecule has 0 aliphatic rings. The number of aryl methyl sites for hydroxylation is 2. The maximum atomic E-state index is 12.4. The van der Waals surface area contributed by atoms with Crippen molar-refractivity contribution < 1.29 is 14.6 Å². The van der Waals surface area contributed by atoms with Crippen molar-refractivity contribution in [1.82, 2.24) is 19.9 Å². The van der Waals surface area contributed by atoms with Gasteiger partial charge in [0.2, 0.25) is 0 Å². The number of methoxy groups -OCH3 is 1. The van der Waals surface area contributed by atoms with Crippen LogP contribution in [0.15, 0.2) is 12.3 Å². The van der Waals surface area contributed by atoms with Gasteiger partial charge in [-0.2, -0.15) is 5.10 Å². The molecule has 0 saturated heterocycles. The standard InChI is InChI=1S/C14H20N4O3/c1-9-6-10(2)18-13(16-9)12(7-15-18)14(20)17-11(4-5-19)8-21-3/h6-7,11,19H,4-5,8H2,1-3H3,(H,17,20). The van der Waals surface area contributed by atoms with Gasteiger partial charge in [0.05, 0.1) is 18.8 Å². The lowest BCUT2D eigenvalue weighted by molar-refractivity contribution is 0.0880. The fourth-order valence-electron chi connectivity index (χ4n) is 2.25. The molecule has 21 heavy (non-hydrogen) atoms. The van der Waals surface area contributed by atoms with E-state index in [1.165, 1.54) is 6.20 Å². The number of hydrogen-bond acceptors (Lipinski definition) is 5. The minimum Gasteiger partial charge on any atom is -0.396 e. The summed E-state index contributed by atoms with van der Waals surface area (Å²) >= 11 is 0. The summed E-state index contributed by atoms with van der Waals surface area (Å²) in [5.41, 5.74) is 2.70. The van der Waals surface area contributed by atoms with Gasteiger partial charge in [0.15, 0.2) is 5.65 Å². The Morgan fingerprint density at radius 2 is 2.29 bits per heavy atom. The van der Waals surface area contributed by atoms with E-state index in [1.54, 1.807) is 11.6 Å². The first-order valence-electron chi connectivity index (χ1n) is 6.79. The maximum Gasteiger partial charge on any atom is 0.257 e. The van der Waals surface area contributed by atoms with Gasteiger partial charge < -0.3 is 15.2 Å². The van der Waals surface area contributed by atoms with E-state index in [2.05, 4.69) is 15.4 Å². The maximum absolute atomic E-state index is 12.4. The topological polar surface area (TPSA) is 88.8 Å². The largest absolute Gasteiger partial charge is 0.396 e. The van der Waals surface area contributed by atoms with Gasteiger partial charge in [-0.05, 0) is 26.3 Å². The highest BCUT2D eigenvalue weighted by atomic mass is 16.5. The van der Waals surface area contributed by atoms with Gasteiger partial charge >= 0.3 is 0 Å². The summed E-state index contributed by atoms with van der Waals surface area (Å²) in [6, 6.07) is 1.66. The zero-order valence-electron chi connectivity index (χ0n) is 12.5. The van der Waals surface area contributed by atoms with Crippen molar-refractivity contribution in [2.45, 2.75) is 26.3 Å². The van der Waals surface area contributed by atoms with Crippen molar-refractivity contribution in [1.29, 1.82) is 0 Å². The molecule has 0 aromatic carbocycles. The molecule has 7 nitrogen and oxygen atoms in total. The van der Waals surface area contributed by atoms with E-state index >= 15 is 0 Å². The van der Waals surface area contributed by atoms with Crippen molar-refractivity contribution >= 4 is 11.6 Å². The Morgan fingerprint density at radius 3 is 2.95 bits per heavy atom. The lowest BCUT2D eigenvalue weighted by Crippen LogP contribution is -2.38. The molecule has 0 saturated carbocycles. The van der Waals surface area contributed by atoms with Crippen LogP contribution in [0, 0.1) is 13.8 Å². The van der Waals surface area contributed by atoms with Gasteiger partial charge in [-0.3, -0.25) is 4.79 Å². The van der Waals surface area contributed by atoms with Crippen LogP contribution in [0.4, 0.5) is 0 Å². The Labute approximate surface area is 122 Å². The number of carbonyl (C=O) groups is 1. The molecule has 2 aromatic rings. The second-order valence-corrected chi connectivity index (χ2v) is 4.97. The molecule has 0 aliphatic heterocycles. The molecule has 1 amide bonds. The van der Waals surface area contributed by atoms with Gasteiger partial charge in [0.25, 0.3) is 5.91 Å². The number of amides is 1. The van der Waals surface area contributed by atoms with E-state index in [0.29, 0.717) is 24.2 Å². The Morgan fingerprint density at radius 1 is 1.52 bits per heavy atom. The van der Waals surface area contributed by atoms with Crippen LogP contribution < -0.4 is 5.32 Å². The van der Waals surface area contributed by atoms with Gasteiger partial charge in [-0.1, -0.05) is 0 Å². The highest BCUT2D eigenvalue weighted by Crippen LogP contribution is 2.12. The number of fused-ring (bicyclic) bond motifs is 1. The normalized spacial score (nSPS) is 12.6. The number of aromatic nitrogens is 3. The summed E-state index contributed by atoms with van der Waals surface area (Å²) < 4.78 is 6.68. The number of aliphatic hydroxyl groups excluding tert-OH is 1. The lowest BCUT2D eigenvalue weighted by Gasteiger charge is -2.16. The van der Waals surface area contributed by atoms with Crippen LogP contribution in [0.3, 0.4) is 0 Å². The van der Waals surface area contributed by atoms with Crippen molar-refractivity contribution in [3.05, 3.63) is 29.2 Å². The van der Waals surface area contributed by atoms with Crippen LogP contribution in [0.5, 0.6) is 0 Å². The monoisotopic (exact) mass is 292 g/mol. The third kappa shape index (κ3) is 3.37. The highest BCUT2D eigenvalue weighted by Gasteiger charge is 2.18. The number of hydrogen-bond donors (Lipinski definition) is 2. The first-order chi connectivity index (χ1) is 10.1. The van der Waals surface area contributed by atoms with Gasteiger partial charge in [0, 0.05) is 25.1 Å². The van der Waals surface area contributed by atoms with Crippen LogP contribution in [-0.4, -0.2) is 52.0 Å². The molecule has 0 spiro atoms. The molecule has 7 heteroatoms. The molecule has 2 N–H and O–H groups in total. The number of nitrogens with zero attached hydrogens (tertiary/aromatic N) is 3.